The fourth-order valence-electron chi connectivity index (χ4n) is 3.77. The molecule has 7 nitrogen and oxygen atoms in total. The summed E-state index contributed by atoms with van der Waals surface area (Å²) in [6.07, 6.45) is 1.76. The minimum Gasteiger partial charge on any atom is -0.488 e. The highest BCUT2D eigenvalue weighted by molar-refractivity contribution is 8.18. The Bertz CT molecular complexity index is 1620. The lowest BCUT2D eigenvalue weighted by atomic mass is 10.0. The van der Waals surface area contributed by atoms with Crippen LogP contribution in [-0.2, 0) is 11.4 Å². The molecular formula is C27H17Cl2N3O4S. The predicted molar refractivity (Wildman–Crippen MR) is 149 cm³/mol. The number of ether oxygens (including phenoxy) is 1. The molecule has 4 aromatic carbocycles. The van der Waals surface area contributed by atoms with Crippen LogP contribution < -0.4 is 10.1 Å². The molecule has 0 unspecified atom stereocenters. The van der Waals surface area contributed by atoms with Crippen LogP contribution in [0, 0.1) is 10.1 Å². The van der Waals surface area contributed by atoms with Crippen molar-refractivity contribution in [2.24, 2.45) is 4.99 Å². The Morgan fingerprint density at radius 3 is 2.68 bits per heavy atom. The Balaban J connectivity index is 1.49. The highest BCUT2D eigenvalue weighted by Gasteiger charge is 2.25. The number of thioether (sulfide) groups is 1. The zero-order chi connectivity index (χ0) is 25.9. The minimum atomic E-state index is -0.443. The van der Waals surface area contributed by atoms with Crippen LogP contribution in [0.1, 0.15) is 11.1 Å². The molecule has 0 bridgehead atoms. The highest BCUT2D eigenvalue weighted by atomic mass is 35.5. The van der Waals surface area contributed by atoms with Crippen molar-refractivity contribution in [3.63, 3.8) is 0 Å². The van der Waals surface area contributed by atoms with Crippen LogP contribution >= 0.6 is 35.0 Å². The Morgan fingerprint density at radius 2 is 1.84 bits per heavy atom. The molecule has 1 N–H and O–H groups in total. The Kier molecular flexibility index (Phi) is 7.14. The molecule has 1 fully saturated rings. The number of carbonyl (C=O) groups is 1. The number of aliphatic imine (C=N–C) groups is 1. The second-order valence-electron chi connectivity index (χ2n) is 7.97. The van der Waals surface area contributed by atoms with Gasteiger partial charge in [0.2, 0.25) is 0 Å². The van der Waals surface area contributed by atoms with Crippen LogP contribution in [-0.4, -0.2) is 16.0 Å². The van der Waals surface area contributed by atoms with Crippen molar-refractivity contribution >= 4 is 74.3 Å². The topological polar surface area (TPSA) is 93.8 Å². The summed E-state index contributed by atoms with van der Waals surface area (Å²) in [4.78, 5) is 28.4. The van der Waals surface area contributed by atoms with Crippen molar-refractivity contribution in [3.05, 3.63) is 115 Å². The molecule has 1 heterocycles. The van der Waals surface area contributed by atoms with Crippen molar-refractivity contribution < 1.29 is 14.5 Å². The van der Waals surface area contributed by atoms with Crippen LogP contribution in [0.3, 0.4) is 0 Å². The Morgan fingerprint density at radius 1 is 1.03 bits per heavy atom. The molecule has 5 rings (SSSR count). The van der Waals surface area contributed by atoms with Gasteiger partial charge in [-0.05, 0) is 52.4 Å². The lowest BCUT2D eigenvalue weighted by molar-refractivity contribution is -0.384. The first-order chi connectivity index (χ1) is 17.9. The smallest absolute Gasteiger partial charge is 0.269 e. The van der Waals surface area contributed by atoms with E-state index >= 15 is 0 Å². The molecular weight excluding hydrogens is 533 g/mol. The average molecular weight is 550 g/mol. The third kappa shape index (κ3) is 5.46. The summed E-state index contributed by atoms with van der Waals surface area (Å²) in [6.45, 7) is 0.121. The van der Waals surface area contributed by atoms with E-state index in [-0.39, 0.29) is 18.2 Å². The van der Waals surface area contributed by atoms with E-state index in [9.17, 15) is 14.9 Å². The zero-order valence-corrected chi connectivity index (χ0v) is 21.3. The number of hydrogen-bond acceptors (Lipinski definition) is 6. The standard InChI is InChI=1S/C27H17Cl2N3O4S/c28-21-9-4-10-22(25(21)29)30-27-31-26(33)24(37-27)14-20-19-8-2-1-6-17(19)11-12-23(20)36-15-16-5-3-7-18(13-16)32(34)35/h1-14H,15H2,(H,30,31,33)/b24-14+. The summed E-state index contributed by atoms with van der Waals surface area (Å²) in [6, 6.07) is 22.9. The van der Waals surface area contributed by atoms with Gasteiger partial charge in [-0.15, -0.1) is 0 Å². The van der Waals surface area contributed by atoms with Gasteiger partial charge in [-0.1, -0.05) is 71.7 Å². The molecule has 4 aromatic rings. The molecule has 1 aliphatic heterocycles. The number of amidine groups is 1. The van der Waals surface area contributed by atoms with Crippen molar-refractivity contribution in [2.45, 2.75) is 6.61 Å². The van der Waals surface area contributed by atoms with Gasteiger partial charge >= 0.3 is 0 Å². The number of carbonyl (C=O) groups excluding carboxylic acids is 1. The Labute approximate surface area is 225 Å². The van der Waals surface area contributed by atoms with Crippen LogP contribution in [0.2, 0.25) is 10.0 Å². The van der Waals surface area contributed by atoms with Crippen LogP contribution in [0.25, 0.3) is 16.8 Å². The molecule has 37 heavy (non-hydrogen) atoms. The zero-order valence-electron chi connectivity index (χ0n) is 19.0. The number of halogens is 2. The van der Waals surface area contributed by atoms with E-state index in [1.807, 2.05) is 36.4 Å². The molecule has 0 aromatic heterocycles. The summed E-state index contributed by atoms with van der Waals surface area (Å²) in [7, 11) is 0. The largest absolute Gasteiger partial charge is 0.488 e. The minimum absolute atomic E-state index is 0.00685. The number of nitro groups is 1. The van der Waals surface area contributed by atoms with Crippen LogP contribution in [0.5, 0.6) is 5.75 Å². The van der Waals surface area contributed by atoms with Gasteiger partial charge in [0, 0.05) is 17.7 Å². The summed E-state index contributed by atoms with van der Waals surface area (Å²) in [5.74, 6) is 0.230. The number of fused-ring (bicyclic) bond motifs is 1. The quantitative estimate of drug-likeness (QED) is 0.152. The summed E-state index contributed by atoms with van der Waals surface area (Å²) in [5.41, 5.74) is 1.81. The molecule has 184 valence electrons. The lowest BCUT2D eigenvalue weighted by Gasteiger charge is -2.12. The molecule has 1 amide bonds. The predicted octanol–water partition coefficient (Wildman–Crippen LogP) is 7.53. The van der Waals surface area contributed by atoms with Gasteiger partial charge in [-0.25, -0.2) is 4.99 Å². The van der Waals surface area contributed by atoms with E-state index in [1.54, 1.807) is 36.4 Å². The molecule has 0 atom stereocenters. The van der Waals surface area contributed by atoms with Gasteiger partial charge in [0.05, 0.1) is 25.6 Å². The molecule has 0 spiro atoms. The normalized spacial score (nSPS) is 15.4. The summed E-state index contributed by atoms with van der Waals surface area (Å²) >= 11 is 13.5. The maximum atomic E-state index is 12.8. The first kappa shape index (κ1) is 24.8. The number of nitrogens with one attached hydrogen (secondary N) is 1. The van der Waals surface area contributed by atoms with Crippen molar-refractivity contribution in [1.82, 2.24) is 5.32 Å². The second-order valence-corrected chi connectivity index (χ2v) is 9.78. The van der Waals surface area contributed by atoms with Crippen molar-refractivity contribution in [1.29, 1.82) is 0 Å². The van der Waals surface area contributed by atoms with Gasteiger partial charge in [0.25, 0.3) is 11.6 Å². The van der Waals surface area contributed by atoms with E-state index in [2.05, 4.69) is 10.3 Å². The molecule has 0 saturated carbocycles. The number of amides is 1. The van der Waals surface area contributed by atoms with Crippen molar-refractivity contribution in [3.8, 4) is 5.75 Å². The monoisotopic (exact) mass is 549 g/mol. The fourth-order valence-corrected chi connectivity index (χ4v) is 4.93. The molecule has 1 aliphatic rings. The van der Waals surface area contributed by atoms with Gasteiger partial charge in [0.1, 0.15) is 12.4 Å². The van der Waals surface area contributed by atoms with Gasteiger partial charge in [-0.2, -0.15) is 0 Å². The van der Waals surface area contributed by atoms with Crippen LogP contribution in [0.4, 0.5) is 11.4 Å². The van der Waals surface area contributed by atoms with Gasteiger partial charge < -0.3 is 10.1 Å². The van der Waals surface area contributed by atoms with Gasteiger partial charge in [0.15, 0.2) is 5.17 Å². The van der Waals surface area contributed by atoms with Gasteiger partial charge in [-0.3, -0.25) is 14.9 Å². The summed E-state index contributed by atoms with van der Waals surface area (Å²) in [5, 5.41) is 16.8. The molecule has 1 saturated heterocycles. The third-order valence-corrected chi connectivity index (χ3v) is 7.24. The molecule has 10 heteroatoms. The first-order valence-corrected chi connectivity index (χ1v) is 12.6. The highest BCUT2D eigenvalue weighted by Crippen LogP contribution is 2.37. The number of rotatable bonds is 6. The van der Waals surface area contributed by atoms with Crippen molar-refractivity contribution in [2.75, 3.05) is 0 Å². The third-order valence-electron chi connectivity index (χ3n) is 5.53. The first-order valence-electron chi connectivity index (χ1n) is 11.0. The average Bonchev–Trinajstić information content (AvgIpc) is 3.24. The number of hydrogen-bond donors (Lipinski definition) is 1. The molecule has 0 aliphatic carbocycles. The van der Waals surface area contributed by atoms with E-state index in [0.717, 1.165) is 10.8 Å². The fraction of sp³-hybridized carbons (Fsp3) is 0.0370. The molecule has 0 radical (unpaired) electrons. The maximum absolute atomic E-state index is 12.8. The number of non-ortho nitro benzene ring substituents is 1. The second kappa shape index (κ2) is 10.6. The van der Waals surface area contributed by atoms with Crippen LogP contribution in [0.15, 0.2) is 88.8 Å². The SMILES string of the molecule is O=C1NC(=Nc2cccc(Cl)c2Cl)S/C1=C/c1c(OCc2cccc([N+](=O)[O-])c2)ccc2ccccc12. The van der Waals surface area contributed by atoms with E-state index in [1.165, 1.54) is 23.9 Å². The van der Waals surface area contributed by atoms with E-state index in [0.29, 0.717) is 42.7 Å². The maximum Gasteiger partial charge on any atom is 0.269 e. The summed E-state index contributed by atoms with van der Waals surface area (Å²) < 4.78 is 6.09. The number of nitro benzene ring substituents is 1. The lowest BCUT2D eigenvalue weighted by Crippen LogP contribution is -2.19. The van der Waals surface area contributed by atoms with E-state index in [4.69, 9.17) is 27.9 Å². The van der Waals surface area contributed by atoms with E-state index < -0.39 is 4.92 Å². The number of nitrogens with zero attached hydrogens (tertiary/aromatic N) is 2. The number of benzene rings is 4. The Hall–Kier alpha value is -3.85.